The Balaban J connectivity index is 1.41. The van der Waals surface area contributed by atoms with Crippen molar-refractivity contribution in [3.05, 3.63) is 53.2 Å². The van der Waals surface area contributed by atoms with Gasteiger partial charge in [-0.05, 0) is 34.4 Å². The molecule has 0 unspecified atom stereocenters. The first kappa shape index (κ1) is 17.7. The molecule has 10 heteroatoms. The van der Waals surface area contributed by atoms with E-state index in [1.807, 2.05) is 17.5 Å². The SMILES string of the molecule is O=C(COC(=O)Cn1nnc(-c2cccs2)n1)NCc1ccc(F)cc1. The molecular formula is C16H14FN5O3S. The molecule has 1 amide bonds. The zero-order valence-corrected chi connectivity index (χ0v) is 14.3. The molecule has 0 saturated heterocycles. The summed E-state index contributed by atoms with van der Waals surface area (Å²) in [6.07, 6.45) is 0. The number of rotatable bonds is 7. The highest BCUT2D eigenvalue weighted by Gasteiger charge is 2.12. The minimum atomic E-state index is -0.655. The summed E-state index contributed by atoms with van der Waals surface area (Å²) >= 11 is 1.46. The highest BCUT2D eigenvalue weighted by atomic mass is 32.1. The maximum atomic E-state index is 12.8. The van der Waals surface area contributed by atoms with E-state index in [2.05, 4.69) is 20.7 Å². The number of ether oxygens (including phenoxy) is 1. The Morgan fingerprint density at radius 2 is 2.04 bits per heavy atom. The van der Waals surface area contributed by atoms with Crippen LogP contribution >= 0.6 is 11.3 Å². The summed E-state index contributed by atoms with van der Waals surface area (Å²) in [5.41, 5.74) is 0.735. The van der Waals surface area contributed by atoms with Crippen molar-refractivity contribution in [2.24, 2.45) is 0 Å². The standard InChI is InChI=1S/C16H14FN5O3S/c17-12-5-3-11(4-6-12)8-18-14(23)10-25-15(24)9-22-20-16(19-21-22)13-2-1-7-26-13/h1-7H,8-10H2,(H,18,23). The van der Waals surface area contributed by atoms with Gasteiger partial charge in [0, 0.05) is 6.54 Å². The number of amides is 1. The number of hydrogen-bond acceptors (Lipinski definition) is 7. The molecule has 0 aliphatic carbocycles. The van der Waals surface area contributed by atoms with Gasteiger partial charge in [0.1, 0.15) is 5.82 Å². The molecule has 0 radical (unpaired) electrons. The van der Waals surface area contributed by atoms with Gasteiger partial charge in [-0.2, -0.15) is 4.80 Å². The maximum Gasteiger partial charge on any atom is 0.330 e. The Morgan fingerprint density at radius 3 is 2.77 bits per heavy atom. The topological polar surface area (TPSA) is 99.0 Å². The van der Waals surface area contributed by atoms with Crippen LogP contribution in [0.1, 0.15) is 5.56 Å². The van der Waals surface area contributed by atoms with Gasteiger partial charge in [0.25, 0.3) is 5.91 Å². The van der Waals surface area contributed by atoms with E-state index in [1.165, 1.54) is 23.5 Å². The summed E-state index contributed by atoms with van der Waals surface area (Å²) in [5.74, 6) is -1.05. The molecular weight excluding hydrogens is 361 g/mol. The van der Waals surface area contributed by atoms with E-state index in [-0.39, 0.29) is 18.9 Å². The Labute approximate surface area is 151 Å². The van der Waals surface area contributed by atoms with Crippen LogP contribution < -0.4 is 5.32 Å². The highest BCUT2D eigenvalue weighted by molar-refractivity contribution is 7.13. The van der Waals surface area contributed by atoms with Gasteiger partial charge >= 0.3 is 5.97 Å². The fraction of sp³-hybridized carbons (Fsp3) is 0.188. The Bertz CT molecular complexity index is 880. The molecule has 2 heterocycles. The minimum Gasteiger partial charge on any atom is -0.454 e. The van der Waals surface area contributed by atoms with E-state index in [9.17, 15) is 14.0 Å². The summed E-state index contributed by atoms with van der Waals surface area (Å²) in [4.78, 5) is 25.4. The lowest BCUT2D eigenvalue weighted by atomic mass is 10.2. The number of aromatic nitrogens is 4. The van der Waals surface area contributed by atoms with Crippen molar-refractivity contribution in [3.8, 4) is 10.7 Å². The molecule has 134 valence electrons. The molecule has 8 nitrogen and oxygen atoms in total. The zero-order chi connectivity index (χ0) is 18.4. The van der Waals surface area contributed by atoms with E-state index in [1.54, 1.807) is 12.1 Å². The van der Waals surface area contributed by atoms with Crippen LogP contribution in [0.25, 0.3) is 10.7 Å². The van der Waals surface area contributed by atoms with E-state index < -0.39 is 18.5 Å². The molecule has 0 saturated carbocycles. The number of carbonyl (C=O) groups excluding carboxylic acids is 2. The largest absolute Gasteiger partial charge is 0.454 e. The van der Waals surface area contributed by atoms with Crippen LogP contribution in [0.2, 0.25) is 0 Å². The molecule has 0 aliphatic heterocycles. The number of esters is 1. The molecule has 0 bridgehead atoms. The summed E-state index contributed by atoms with van der Waals surface area (Å²) in [6.45, 7) is -0.457. The molecule has 2 aromatic heterocycles. The number of hydrogen-bond donors (Lipinski definition) is 1. The first-order valence-electron chi connectivity index (χ1n) is 7.58. The Hall–Kier alpha value is -3.14. The molecule has 1 N–H and O–H groups in total. The summed E-state index contributed by atoms with van der Waals surface area (Å²) in [6, 6.07) is 9.43. The van der Waals surface area contributed by atoms with Gasteiger partial charge in [0.15, 0.2) is 13.2 Å². The maximum absolute atomic E-state index is 12.8. The summed E-state index contributed by atoms with van der Waals surface area (Å²) in [5, 5.41) is 16.2. The number of tetrazole rings is 1. The van der Waals surface area contributed by atoms with Crippen molar-refractivity contribution >= 4 is 23.2 Å². The van der Waals surface area contributed by atoms with Crippen molar-refractivity contribution in [3.63, 3.8) is 0 Å². The third-order valence-corrected chi connectivity index (χ3v) is 4.10. The van der Waals surface area contributed by atoms with Gasteiger partial charge in [-0.25, -0.2) is 9.18 Å². The smallest absolute Gasteiger partial charge is 0.330 e. The van der Waals surface area contributed by atoms with Crippen molar-refractivity contribution in [2.75, 3.05) is 6.61 Å². The first-order chi connectivity index (χ1) is 12.6. The molecule has 3 aromatic rings. The number of benzene rings is 1. The van der Waals surface area contributed by atoms with E-state index in [4.69, 9.17) is 4.74 Å². The average Bonchev–Trinajstić information content (AvgIpc) is 3.31. The van der Waals surface area contributed by atoms with Gasteiger partial charge in [-0.1, -0.05) is 18.2 Å². The molecule has 1 aromatic carbocycles. The number of carbonyl (C=O) groups is 2. The van der Waals surface area contributed by atoms with E-state index >= 15 is 0 Å². The lowest BCUT2D eigenvalue weighted by molar-refractivity contribution is -0.149. The molecule has 0 aliphatic rings. The number of halogens is 1. The quantitative estimate of drug-likeness (QED) is 0.627. The molecule has 0 spiro atoms. The lowest BCUT2D eigenvalue weighted by Crippen LogP contribution is -2.29. The second-order valence-corrected chi connectivity index (χ2v) is 6.13. The van der Waals surface area contributed by atoms with Crippen molar-refractivity contribution < 1.29 is 18.7 Å². The van der Waals surface area contributed by atoms with Crippen LogP contribution in [-0.2, 0) is 27.4 Å². The number of nitrogens with one attached hydrogen (secondary N) is 1. The number of nitrogens with zero attached hydrogens (tertiary/aromatic N) is 4. The van der Waals surface area contributed by atoms with Gasteiger partial charge in [0.2, 0.25) is 5.82 Å². The van der Waals surface area contributed by atoms with Crippen LogP contribution in [-0.4, -0.2) is 38.7 Å². The molecule has 0 atom stereocenters. The van der Waals surface area contributed by atoms with E-state index in [0.717, 1.165) is 15.2 Å². The van der Waals surface area contributed by atoms with Gasteiger partial charge in [-0.15, -0.1) is 21.5 Å². The molecule has 0 fully saturated rings. The second-order valence-electron chi connectivity index (χ2n) is 5.18. The first-order valence-corrected chi connectivity index (χ1v) is 8.46. The van der Waals surface area contributed by atoms with Crippen molar-refractivity contribution in [1.82, 2.24) is 25.5 Å². The summed E-state index contributed by atoms with van der Waals surface area (Å²) in [7, 11) is 0. The van der Waals surface area contributed by atoms with Crippen LogP contribution in [0.15, 0.2) is 41.8 Å². The van der Waals surface area contributed by atoms with Crippen molar-refractivity contribution in [1.29, 1.82) is 0 Å². The second kappa shape index (κ2) is 8.30. The predicted octanol–water partition coefficient (Wildman–Crippen LogP) is 1.40. The number of thiophene rings is 1. The van der Waals surface area contributed by atoms with Crippen LogP contribution in [0.3, 0.4) is 0 Å². The van der Waals surface area contributed by atoms with Gasteiger partial charge < -0.3 is 10.1 Å². The molecule has 26 heavy (non-hydrogen) atoms. The zero-order valence-electron chi connectivity index (χ0n) is 13.5. The van der Waals surface area contributed by atoms with Gasteiger partial charge in [0.05, 0.1) is 4.88 Å². The highest BCUT2D eigenvalue weighted by Crippen LogP contribution is 2.19. The minimum absolute atomic E-state index is 0.214. The third-order valence-electron chi connectivity index (χ3n) is 3.23. The summed E-state index contributed by atoms with van der Waals surface area (Å²) < 4.78 is 17.7. The van der Waals surface area contributed by atoms with Crippen molar-refractivity contribution in [2.45, 2.75) is 13.1 Å². The lowest BCUT2D eigenvalue weighted by Gasteiger charge is -2.06. The van der Waals surface area contributed by atoms with Crippen LogP contribution in [0.4, 0.5) is 4.39 Å². The fourth-order valence-electron chi connectivity index (χ4n) is 1.98. The Morgan fingerprint density at radius 1 is 1.23 bits per heavy atom. The Kier molecular flexibility index (Phi) is 5.64. The van der Waals surface area contributed by atoms with E-state index in [0.29, 0.717) is 5.82 Å². The van der Waals surface area contributed by atoms with Crippen LogP contribution in [0.5, 0.6) is 0 Å². The van der Waals surface area contributed by atoms with Crippen LogP contribution in [0, 0.1) is 5.82 Å². The predicted molar refractivity (Wildman–Crippen MR) is 90.3 cm³/mol. The fourth-order valence-corrected chi connectivity index (χ4v) is 2.62. The monoisotopic (exact) mass is 375 g/mol. The average molecular weight is 375 g/mol. The van der Waals surface area contributed by atoms with Gasteiger partial charge in [-0.3, -0.25) is 4.79 Å². The normalized spacial score (nSPS) is 10.5. The third kappa shape index (κ3) is 4.93. The molecule has 3 rings (SSSR count).